The highest BCUT2D eigenvalue weighted by atomic mass is 16.5. The lowest BCUT2D eigenvalue weighted by atomic mass is 10.0. The van der Waals surface area contributed by atoms with Crippen molar-refractivity contribution in [1.29, 1.82) is 0 Å². The van der Waals surface area contributed by atoms with Crippen molar-refractivity contribution in [2.75, 3.05) is 13.2 Å². The molecule has 2 atom stereocenters. The van der Waals surface area contributed by atoms with Gasteiger partial charge in [-0.1, -0.05) is 319 Å². The molecule has 0 radical (unpaired) electrons. The number of aliphatic hydroxyl groups excluding tert-OH is 2. The summed E-state index contributed by atoms with van der Waals surface area (Å²) in [5.74, 6) is -0.0618. The number of carbonyl (C=O) groups excluding carboxylic acids is 2. The summed E-state index contributed by atoms with van der Waals surface area (Å²) in [5.41, 5.74) is 0. The van der Waals surface area contributed by atoms with Gasteiger partial charge in [-0.3, -0.25) is 9.59 Å². The second kappa shape index (κ2) is 67.3. The molecular formula is C72H135NO5. The highest BCUT2D eigenvalue weighted by Gasteiger charge is 2.18. The molecule has 0 aromatic carbocycles. The topological polar surface area (TPSA) is 95.9 Å². The van der Waals surface area contributed by atoms with Gasteiger partial charge in [0.25, 0.3) is 0 Å². The first kappa shape index (κ1) is 75.8. The standard InChI is InChI=1S/C72H135NO5/c1-3-5-7-9-11-13-15-17-19-37-40-44-48-52-56-60-64-70(75)69(68-74)73-71(76)65-61-57-53-49-45-41-38-34-32-30-28-26-24-22-20-21-23-25-27-29-31-33-35-39-43-47-51-55-59-63-67-78-72(77)66-62-58-54-50-46-42-36-18-16-14-12-10-8-6-4-2/h12,14,18,21,23,36,60,64,69-70,74-75H,3-11,13,15-17,19-20,22,24-35,37-59,61-63,65-68H2,1-2H3,(H,73,76)/b14-12-,23-21-,36-18-,64-60+. The van der Waals surface area contributed by atoms with Gasteiger partial charge < -0.3 is 20.3 Å². The molecule has 2 unspecified atom stereocenters. The van der Waals surface area contributed by atoms with E-state index in [2.05, 4.69) is 55.6 Å². The molecule has 0 bridgehead atoms. The zero-order valence-corrected chi connectivity index (χ0v) is 52.4. The highest BCUT2D eigenvalue weighted by molar-refractivity contribution is 5.76. The van der Waals surface area contributed by atoms with Gasteiger partial charge in [0.15, 0.2) is 0 Å². The second-order valence-corrected chi connectivity index (χ2v) is 23.9. The molecule has 0 spiro atoms. The Hall–Kier alpha value is -2.18. The number of carbonyl (C=O) groups is 2. The summed E-state index contributed by atoms with van der Waals surface area (Å²) in [6.07, 6.45) is 87.6. The predicted molar refractivity (Wildman–Crippen MR) is 342 cm³/mol. The molecule has 0 aliphatic rings. The molecule has 78 heavy (non-hydrogen) atoms. The van der Waals surface area contributed by atoms with Crippen molar-refractivity contribution in [3.05, 3.63) is 48.6 Å². The van der Waals surface area contributed by atoms with Gasteiger partial charge in [0, 0.05) is 12.8 Å². The molecule has 0 aromatic heterocycles. The highest BCUT2D eigenvalue weighted by Crippen LogP contribution is 2.18. The van der Waals surface area contributed by atoms with E-state index in [-0.39, 0.29) is 18.5 Å². The van der Waals surface area contributed by atoms with Crippen LogP contribution in [-0.4, -0.2) is 47.4 Å². The summed E-state index contributed by atoms with van der Waals surface area (Å²) in [4.78, 5) is 24.6. The van der Waals surface area contributed by atoms with Crippen LogP contribution in [0.3, 0.4) is 0 Å². The molecule has 0 fully saturated rings. The Bertz CT molecular complexity index is 1310. The van der Waals surface area contributed by atoms with Crippen LogP contribution in [0.4, 0.5) is 0 Å². The van der Waals surface area contributed by atoms with Gasteiger partial charge >= 0.3 is 5.97 Å². The lowest BCUT2D eigenvalue weighted by molar-refractivity contribution is -0.143. The number of amides is 1. The quantitative estimate of drug-likeness (QED) is 0.0320. The summed E-state index contributed by atoms with van der Waals surface area (Å²) in [7, 11) is 0. The lowest BCUT2D eigenvalue weighted by Gasteiger charge is -2.20. The van der Waals surface area contributed by atoms with E-state index in [1.807, 2.05) is 6.08 Å². The van der Waals surface area contributed by atoms with Crippen LogP contribution in [0, 0.1) is 0 Å². The molecule has 0 aromatic rings. The molecule has 458 valence electrons. The molecule has 6 nitrogen and oxygen atoms in total. The van der Waals surface area contributed by atoms with Crippen LogP contribution in [0.25, 0.3) is 0 Å². The Labute approximate surface area is 486 Å². The zero-order valence-electron chi connectivity index (χ0n) is 52.4. The van der Waals surface area contributed by atoms with E-state index in [1.54, 1.807) is 6.08 Å². The summed E-state index contributed by atoms with van der Waals surface area (Å²) >= 11 is 0. The number of aliphatic hydroxyl groups is 2. The second-order valence-electron chi connectivity index (χ2n) is 23.9. The molecular weight excluding hydrogens is 959 g/mol. The average molecular weight is 1090 g/mol. The van der Waals surface area contributed by atoms with Gasteiger partial charge in [-0.15, -0.1) is 0 Å². The van der Waals surface area contributed by atoms with E-state index in [1.165, 1.54) is 295 Å². The lowest BCUT2D eigenvalue weighted by Crippen LogP contribution is -2.45. The molecule has 0 rings (SSSR count). The van der Waals surface area contributed by atoms with Crippen molar-refractivity contribution < 1.29 is 24.5 Å². The third kappa shape index (κ3) is 63.0. The van der Waals surface area contributed by atoms with E-state index in [0.717, 1.165) is 51.4 Å². The van der Waals surface area contributed by atoms with Gasteiger partial charge in [0.1, 0.15) is 0 Å². The van der Waals surface area contributed by atoms with Crippen LogP contribution in [-0.2, 0) is 14.3 Å². The molecule has 3 N–H and O–H groups in total. The monoisotopic (exact) mass is 1090 g/mol. The van der Waals surface area contributed by atoms with Crippen LogP contribution in [0.5, 0.6) is 0 Å². The molecule has 1 amide bonds. The minimum absolute atomic E-state index is 0.00277. The Morgan fingerprint density at radius 1 is 0.359 bits per heavy atom. The summed E-state index contributed by atoms with van der Waals surface area (Å²) in [6.45, 7) is 4.89. The Kier molecular flexibility index (Phi) is 65.4. The van der Waals surface area contributed by atoms with Crippen LogP contribution in [0.2, 0.25) is 0 Å². The fourth-order valence-electron chi connectivity index (χ4n) is 10.7. The molecule has 6 heteroatoms. The normalized spacial score (nSPS) is 12.8. The third-order valence-electron chi connectivity index (χ3n) is 16.1. The van der Waals surface area contributed by atoms with E-state index in [4.69, 9.17) is 4.74 Å². The van der Waals surface area contributed by atoms with Crippen LogP contribution in [0.15, 0.2) is 48.6 Å². The largest absolute Gasteiger partial charge is 0.466 e. The Morgan fingerprint density at radius 3 is 1.01 bits per heavy atom. The summed E-state index contributed by atoms with van der Waals surface area (Å²) in [6, 6.07) is -0.627. The zero-order chi connectivity index (χ0) is 56.4. The molecule has 0 aliphatic carbocycles. The fraction of sp³-hybridized carbons (Fsp3) is 0.861. The number of ether oxygens (including phenoxy) is 1. The third-order valence-corrected chi connectivity index (χ3v) is 16.1. The maximum Gasteiger partial charge on any atom is 0.305 e. The minimum atomic E-state index is -0.844. The number of unbranched alkanes of at least 4 members (excludes halogenated alkanes) is 48. The van der Waals surface area contributed by atoms with Crippen LogP contribution in [0.1, 0.15) is 373 Å². The van der Waals surface area contributed by atoms with E-state index in [0.29, 0.717) is 19.4 Å². The Morgan fingerprint density at radius 2 is 0.641 bits per heavy atom. The molecule has 0 aliphatic heterocycles. The van der Waals surface area contributed by atoms with Crippen LogP contribution < -0.4 is 5.32 Å². The number of rotatable bonds is 65. The van der Waals surface area contributed by atoms with Gasteiger partial charge in [0.2, 0.25) is 5.91 Å². The first-order valence-corrected chi connectivity index (χ1v) is 34.9. The van der Waals surface area contributed by atoms with Crippen molar-refractivity contribution in [2.45, 2.75) is 386 Å². The van der Waals surface area contributed by atoms with Gasteiger partial charge in [-0.25, -0.2) is 0 Å². The smallest absolute Gasteiger partial charge is 0.305 e. The van der Waals surface area contributed by atoms with Crippen molar-refractivity contribution >= 4 is 11.9 Å². The molecule has 0 saturated heterocycles. The van der Waals surface area contributed by atoms with Crippen molar-refractivity contribution in [1.82, 2.24) is 5.32 Å². The van der Waals surface area contributed by atoms with Crippen molar-refractivity contribution in [3.8, 4) is 0 Å². The van der Waals surface area contributed by atoms with Crippen molar-refractivity contribution in [2.24, 2.45) is 0 Å². The van der Waals surface area contributed by atoms with Crippen molar-refractivity contribution in [3.63, 3.8) is 0 Å². The predicted octanol–water partition coefficient (Wildman–Crippen LogP) is 22.5. The first-order chi connectivity index (χ1) is 38.5. The number of esters is 1. The fourth-order valence-corrected chi connectivity index (χ4v) is 10.7. The number of allylic oxidation sites excluding steroid dienone is 7. The van der Waals surface area contributed by atoms with Crippen LogP contribution >= 0.6 is 0 Å². The number of nitrogens with one attached hydrogen (secondary N) is 1. The summed E-state index contributed by atoms with van der Waals surface area (Å²) in [5, 5.41) is 23.2. The minimum Gasteiger partial charge on any atom is -0.466 e. The SMILES string of the molecule is CCCCC/C=C\C/C=C\CCCCCCCC(=O)OCCCCCCCCCCCCCC/C=C\CCCCCCCCCCCCCCCCC(=O)NC(CO)C(O)/C=C/CCCCCCCCCCCCCCCC. The number of hydrogen-bond donors (Lipinski definition) is 3. The summed E-state index contributed by atoms with van der Waals surface area (Å²) < 4.78 is 5.48. The maximum atomic E-state index is 12.5. The number of hydrogen-bond acceptors (Lipinski definition) is 5. The molecule has 0 heterocycles. The maximum absolute atomic E-state index is 12.5. The Balaban J connectivity index is 3.39. The van der Waals surface area contributed by atoms with E-state index >= 15 is 0 Å². The van der Waals surface area contributed by atoms with E-state index < -0.39 is 12.1 Å². The molecule has 0 saturated carbocycles. The van der Waals surface area contributed by atoms with Gasteiger partial charge in [-0.05, 0) is 89.9 Å². The van der Waals surface area contributed by atoms with E-state index in [9.17, 15) is 19.8 Å². The average Bonchev–Trinajstić information content (AvgIpc) is 3.44. The van der Waals surface area contributed by atoms with Gasteiger partial charge in [0.05, 0.1) is 25.4 Å². The first-order valence-electron chi connectivity index (χ1n) is 34.9. The van der Waals surface area contributed by atoms with Gasteiger partial charge in [-0.2, -0.15) is 0 Å².